The van der Waals surface area contributed by atoms with Crippen molar-refractivity contribution in [1.82, 2.24) is 5.01 Å². The molecule has 2 fully saturated rings. The van der Waals surface area contributed by atoms with Crippen LogP contribution in [0.5, 0.6) is 5.75 Å². The molecule has 0 aromatic heterocycles. The molecular formula is C23H17Br2ClN2O3. The first-order valence-corrected chi connectivity index (χ1v) is 11.9. The lowest BCUT2D eigenvalue weighted by atomic mass is 9.85. The first-order chi connectivity index (χ1) is 14.9. The summed E-state index contributed by atoms with van der Waals surface area (Å²) in [4.78, 5) is 25.5. The second-order valence-electron chi connectivity index (χ2n) is 7.93. The molecule has 2 amide bonds. The quantitative estimate of drug-likeness (QED) is 0.271. The van der Waals surface area contributed by atoms with Crippen LogP contribution in [-0.4, -0.2) is 23.0 Å². The van der Waals surface area contributed by atoms with Crippen molar-refractivity contribution in [3.05, 3.63) is 73.6 Å². The third kappa shape index (κ3) is 3.66. The highest BCUT2D eigenvalue weighted by Gasteiger charge is 2.59. The number of hydrogen-bond acceptors (Lipinski definition) is 4. The van der Waals surface area contributed by atoms with Gasteiger partial charge in [0.05, 0.1) is 27.0 Å². The number of hydrazone groups is 1. The predicted molar refractivity (Wildman–Crippen MR) is 125 cm³/mol. The molecule has 158 valence electrons. The first-order valence-electron chi connectivity index (χ1n) is 9.89. The Morgan fingerprint density at radius 3 is 2.29 bits per heavy atom. The van der Waals surface area contributed by atoms with Crippen LogP contribution >= 0.6 is 43.5 Å². The smallest absolute Gasteiger partial charge is 0.254 e. The highest BCUT2D eigenvalue weighted by atomic mass is 79.9. The van der Waals surface area contributed by atoms with E-state index in [1.807, 2.05) is 36.4 Å². The van der Waals surface area contributed by atoms with Gasteiger partial charge in [-0.25, -0.2) is 0 Å². The molecule has 0 N–H and O–H groups in total. The summed E-state index contributed by atoms with van der Waals surface area (Å²) in [5.74, 6) is 0.0795. The minimum atomic E-state index is -0.251. The van der Waals surface area contributed by atoms with Crippen molar-refractivity contribution in [3.63, 3.8) is 0 Å². The minimum Gasteiger partial charge on any atom is -0.486 e. The fraction of sp³-hybridized carbons (Fsp3) is 0.261. The minimum absolute atomic E-state index is 0.171. The van der Waals surface area contributed by atoms with Crippen molar-refractivity contribution in [1.29, 1.82) is 0 Å². The molecule has 2 aromatic carbocycles. The van der Waals surface area contributed by atoms with Crippen molar-refractivity contribution in [2.75, 3.05) is 0 Å². The van der Waals surface area contributed by atoms with Crippen LogP contribution < -0.4 is 4.74 Å². The Kier molecular flexibility index (Phi) is 5.52. The van der Waals surface area contributed by atoms with Crippen LogP contribution in [0, 0.1) is 23.7 Å². The highest BCUT2D eigenvalue weighted by molar-refractivity contribution is 9.11. The standard InChI is InChI=1S/C23H17Br2ClN2O3/c24-16-7-12(8-17(25)21(16)31-11-15-3-1-2-4-18(15)26)10-27-28-22(29)19-13-5-6-14(9-13)20(19)23(28)30/h1-8,10,13-14,19-20H,9,11H2/b27-10-/t13-,14-,19-,20+/m0/s1. The van der Waals surface area contributed by atoms with E-state index in [-0.39, 0.29) is 35.5 Å². The van der Waals surface area contributed by atoms with Gasteiger partial charge in [-0.1, -0.05) is 42.0 Å². The van der Waals surface area contributed by atoms with Crippen LogP contribution in [0.4, 0.5) is 0 Å². The first kappa shape index (κ1) is 20.9. The summed E-state index contributed by atoms with van der Waals surface area (Å²) in [6.07, 6.45) is 6.57. The molecule has 3 aliphatic rings. The molecule has 2 aliphatic carbocycles. The van der Waals surface area contributed by atoms with Gasteiger partial charge in [-0.2, -0.15) is 10.1 Å². The van der Waals surface area contributed by atoms with E-state index in [0.717, 1.165) is 22.6 Å². The van der Waals surface area contributed by atoms with E-state index in [1.54, 1.807) is 0 Å². The summed E-state index contributed by atoms with van der Waals surface area (Å²) < 4.78 is 7.37. The average Bonchev–Trinajstić information content (AvgIpc) is 3.41. The van der Waals surface area contributed by atoms with Crippen molar-refractivity contribution in [2.24, 2.45) is 28.8 Å². The van der Waals surface area contributed by atoms with Crippen LogP contribution in [0.2, 0.25) is 5.02 Å². The summed E-state index contributed by atoms with van der Waals surface area (Å²) in [6.45, 7) is 0.320. The lowest BCUT2D eigenvalue weighted by Crippen LogP contribution is -2.28. The van der Waals surface area contributed by atoms with Crippen LogP contribution in [0.3, 0.4) is 0 Å². The van der Waals surface area contributed by atoms with Gasteiger partial charge < -0.3 is 4.74 Å². The molecule has 2 aromatic rings. The second-order valence-corrected chi connectivity index (χ2v) is 10.0. The van der Waals surface area contributed by atoms with Gasteiger partial charge in [0.25, 0.3) is 11.8 Å². The van der Waals surface area contributed by atoms with E-state index < -0.39 is 0 Å². The van der Waals surface area contributed by atoms with E-state index >= 15 is 0 Å². The van der Waals surface area contributed by atoms with E-state index in [1.165, 1.54) is 6.21 Å². The summed E-state index contributed by atoms with van der Waals surface area (Å²) in [7, 11) is 0. The number of fused-ring (bicyclic) bond motifs is 5. The van der Waals surface area contributed by atoms with Gasteiger partial charge >= 0.3 is 0 Å². The molecule has 0 unspecified atom stereocenters. The van der Waals surface area contributed by atoms with E-state index in [4.69, 9.17) is 16.3 Å². The topological polar surface area (TPSA) is 59.0 Å². The Morgan fingerprint density at radius 2 is 1.68 bits per heavy atom. The molecule has 31 heavy (non-hydrogen) atoms. The van der Waals surface area contributed by atoms with Gasteiger partial charge in [-0.15, -0.1) is 0 Å². The number of carbonyl (C=O) groups excluding carboxylic acids is 2. The average molecular weight is 565 g/mol. The van der Waals surface area contributed by atoms with Gasteiger partial charge in [0, 0.05) is 10.6 Å². The lowest BCUT2D eigenvalue weighted by Gasteiger charge is -2.13. The van der Waals surface area contributed by atoms with E-state index in [2.05, 4.69) is 49.1 Å². The fourth-order valence-electron chi connectivity index (χ4n) is 4.68. The molecule has 8 heteroatoms. The number of halogens is 3. The van der Waals surface area contributed by atoms with Gasteiger partial charge in [0.2, 0.25) is 0 Å². The van der Waals surface area contributed by atoms with Crippen LogP contribution in [0.1, 0.15) is 17.5 Å². The second kappa shape index (κ2) is 8.19. The lowest BCUT2D eigenvalue weighted by molar-refractivity contribution is -0.140. The van der Waals surface area contributed by atoms with Crippen molar-refractivity contribution in [3.8, 4) is 5.75 Å². The Morgan fingerprint density at radius 1 is 1.06 bits per heavy atom. The monoisotopic (exact) mass is 562 g/mol. The number of ether oxygens (including phenoxy) is 1. The summed E-state index contributed by atoms with van der Waals surface area (Å²) in [5.41, 5.74) is 1.61. The third-order valence-electron chi connectivity index (χ3n) is 6.12. The Bertz CT molecular complexity index is 1100. The number of benzene rings is 2. The number of allylic oxidation sites excluding steroid dienone is 2. The third-order valence-corrected chi connectivity index (χ3v) is 7.67. The molecule has 0 radical (unpaired) electrons. The predicted octanol–water partition coefficient (Wildman–Crippen LogP) is 5.59. The maximum atomic E-state index is 12.8. The molecule has 1 heterocycles. The molecule has 0 spiro atoms. The molecule has 4 atom stereocenters. The summed E-state index contributed by atoms with van der Waals surface area (Å²) in [6, 6.07) is 11.2. The summed E-state index contributed by atoms with van der Waals surface area (Å²) in [5, 5.41) is 5.93. The number of carbonyl (C=O) groups is 2. The fourth-order valence-corrected chi connectivity index (χ4v) is 6.32. The number of amides is 2. The summed E-state index contributed by atoms with van der Waals surface area (Å²) >= 11 is 13.2. The van der Waals surface area contributed by atoms with Gasteiger partial charge in [-0.3, -0.25) is 9.59 Å². The van der Waals surface area contributed by atoms with Gasteiger partial charge in [-0.05, 0) is 73.9 Å². The number of imide groups is 1. The molecular weight excluding hydrogens is 548 g/mol. The van der Waals surface area contributed by atoms with Crippen molar-refractivity contribution >= 4 is 61.5 Å². The van der Waals surface area contributed by atoms with Gasteiger partial charge in [0.1, 0.15) is 12.4 Å². The van der Waals surface area contributed by atoms with Crippen LogP contribution in [0.25, 0.3) is 0 Å². The molecule has 2 bridgehead atoms. The maximum Gasteiger partial charge on any atom is 0.254 e. The highest BCUT2D eigenvalue weighted by Crippen LogP contribution is 2.52. The zero-order valence-corrected chi connectivity index (χ0v) is 20.1. The molecule has 5 nitrogen and oxygen atoms in total. The van der Waals surface area contributed by atoms with E-state index in [9.17, 15) is 9.59 Å². The normalized spacial score (nSPS) is 26.4. The van der Waals surface area contributed by atoms with Crippen molar-refractivity contribution in [2.45, 2.75) is 13.0 Å². The van der Waals surface area contributed by atoms with Gasteiger partial charge in [0.15, 0.2) is 0 Å². The number of rotatable bonds is 5. The number of nitrogens with zero attached hydrogens (tertiary/aromatic N) is 2. The Labute approximate surface area is 201 Å². The zero-order valence-electron chi connectivity index (χ0n) is 16.2. The molecule has 5 rings (SSSR count). The molecule has 1 saturated carbocycles. The number of hydrogen-bond donors (Lipinski definition) is 0. The maximum absolute atomic E-state index is 12.8. The van der Waals surface area contributed by atoms with Crippen LogP contribution in [-0.2, 0) is 16.2 Å². The molecule has 1 aliphatic heterocycles. The molecule has 1 saturated heterocycles. The van der Waals surface area contributed by atoms with E-state index in [0.29, 0.717) is 26.3 Å². The largest absolute Gasteiger partial charge is 0.486 e. The van der Waals surface area contributed by atoms with Crippen molar-refractivity contribution < 1.29 is 14.3 Å². The van der Waals surface area contributed by atoms with Crippen LogP contribution in [0.15, 0.2) is 62.6 Å². The SMILES string of the molecule is O=C1[C@@H]2[C@H](C(=O)N1/N=C\c1cc(Br)c(OCc3ccccc3Cl)c(Br)c1)[C@H]1C=C[C@H]2C1. The Hall–Kier alpha value is -1.96. The Balaban J connectivity index is 1.31. The zero-order chi connectivity index (χ0) is 21.7.